The Bertz CT molecular complexity index is 3440. The van der Waals surface area contributed by atoms with Crippen LogP contribution in [0.4, 0.5) is 13.2 Å². The third kappa shape index (κ3) is 19.2. The van der Waals surface area contributed by atoms with E-state index in [1.54, 1.807) is 36.4 Å². The van der Waals surface area contributed by atoms with Crippen LogP contribution in [0.3, 0.4) is 0 Å². The predicted octanol–water partition coefficient (Wildman–Crippen LogP) is -2.08. The van der Waals surface area contributed by atoms with E-state index in [0.717, 1.165) is 12.1 Å². The number of pyridine rings is 4. The number of guanidine groups is 1. The van der Waals surface area contributed by atoms with E-state index in [1.807, 2.05) is 4.72 Å². The summed E-state index contributed by atoms with van der Waals surface area (Å²) in [6.07, 6.45) is -2.26. The number of nitrogens with one attached hydrogen (secondary N) is 4. The maximum absolute atomic E-state index is 12.6. The Hall–Kier alpha value is -8.62. The van der Waals surface area contributed by atoms with Gasteiger partial charge >= 0.3 is 18.1 Å². The summed E-state index contributed by atoms with van der Waals surface area (Å²) in [5, 5.41) is 32.3. The molecule has 0 saturated heterocycles. The number of amides is 2. The number of ether oxygens (including phenoxy) is 2. The van der Waals surface area contributed by atoms with Gasteiger partial charge in [0.05, 0.1) is 28.7 Å². The van der Waals surface area contributed by atoms with Crippen LogP contribution < -0.4 is 63.0 Å². The Balaban J connectivity index is 0.000000357. The van der Waals surface area contributed by atoms with Gasteiger partial charge in [0.2, 0.25) is 20.0 Å². The number of nitrogens with two attached hydrogens (primary N) is 2. The number of benzene rings is 2. The molecule has 414 valence electrons. The molecule has 0 unspecified atom stereocenters. The fraction of sp³-hybridized carbons (Fsp3) is 0.200. The molecule has 77 heavy (non-hydrogen) atoms. The fourth-order valence-corrected chi connectivity index (χ4v) is 8.45. The first-order valence-corrected chi connectivity index (χ1v) is 24.6. The van der Waals surface area contributed by atoms with E-state index >= 15 is 0 Å². The largest absolute Gasteiger partial charge is 0.542 e. The number of alkyl halides is 3. The van der Waals surface area contributed by atoms with Crippen molar-refractivity contribution in [3.05, 3.63) is 153 Å². The van der Waals surface area contributed by atoms with Crippen LogP contribution in [-0.4, -0.2) is 129 Å². The highest BCUT2D eigenvalue weighted by atomic mass is 35.5. The lowest BCUT2D eigenvalue weighted by Crippen LogP contribution is -2.52. The number of hydrogen-bond acceptors (Lipinski definition) is 15. The van der Waals surface area contributed by atoms with E-state index < -0.39 is 92.2 Å². The van der Waals surface area contributed by atoms with Gasteiger partial charge in [-0.2, -0.15) is 22.6 Å². The fourth-order valence-electron chi connectivity index (χ4n) is 6.03. The molecule has 26 nitrogen and oxygen atoms in total. The van der Waals surface area contributed by atoms with Crippen molar-refractivity contribution < 1.29 is 84.5 Å². The molecule has 0 bridgehead atoms. The van der Waals surface area contributed by atoms with Gasteiger partial charge in [0.15, 0.2) is 5.96 Å². The van der Waals surface area contributed by atoms with Crippen molar-refractivity contribution in [2.75, 3.05) is 39.4 Å². The number of sulfonamides is 2. The first-order chi connectivity index (χ1) is 35.7. The average Bonchev–Trinajstić information content (AvgIpc) is 3.37. The monoisotopic (exact) mass is 1140 g/mol. The molecule has 2 aromatic carbocycles. The zero-order valence-electron chi connectivity index (χ0n) is 39.6. The number of aliphatic imine (C=N–C) groups is 1. The summed E-state index contributed by atoms with van der Waals surface area (Å²) < 4.78 is 98.8. The topological polar surface area (TPSA) is 419 Å². The second-order valence-corrected chi connectivity index (χ2v) is 18.6. The number of aliphatic carboxylic acids is 3. The van der Waals surface area contributed by atoms with Gasteiger partial charge in [-0.3, -0.25) is 42.6 Å². The van der Waals surface area contributed by atoms with Gasteiger partial charge in [0.25, 0.3) is 22.9 Å². The SMILES string of the molecule is Cl.NC(N)=NCCOc1ccc2cc(C(=O)NC[C@H](NS(=O)(=O)c3ccccc3)C(=O)O)cc(=O)n2c1.O=C([O-])C(F)(F)F.[NH3+]CCOc1ccc2cc(C(=O)NC[C@H](NS(=O)(=O)c3ccccc3)C(=O)O)cc(=O)n2c1. The normalized spacial score (nSPS) is 11.9. The van der Waals surface area contributed by atoms with Crippen LogP contribution in [0, 0.1) is 0 Å². The van der Waals surface area contributed by atoms with Crippen molar-refractivity contribution >= 4 is 79.2 Å². The van der Waals surface area contributed by atoms with Gasteiger partial charge in [0, 0.05) is 47.4 Å². The lowest BCUT2D eigenvalue weighted by Gasteiger charge is -2.16. The number of carboxylic acid groups (broad SMARTS) is 3. The van der Waals surface area contributed by atoms with Gasteiger partial charge < -0.3 is 57.4 Å². The summed E-state index contributed by atoms with van der Waals surface area (Å²) in [5.74, 6) is -6.66. The summed E-state index contributed by atoms with van der Waals surface area (Å²) in [6, 6.07) is 22.6. The molecule has 4 heterocycles. The van der Waals surface area contributed by atoms with E-state index in [-0.39, 0.29) is 52.4 Å². The third-order valence-electron chi connectivity index (χ3n) is 9.60. The van der Waals surface area contributed by atoms with Crippen LogP contribution in [0.2, 0.25) is 0 Å². The molecule has 4 aromatic heterocycles. The maximum Gasteiger partial charge on any atom is 0.430 e. The molecule has 13 N–H and O–H groups in total. The zero-order chi connectivity index (χ0) is 56.4. The Morgan fingerprint density at radius 2 is 1.04 bits per heavy atom. The standard InChI is InChI=1S/C22H24N6O7S.C21H22N4O7S.C2HF3O2.ClH/c23-22(24)25-8-9-35-16-7-6-15-10-14(11-19(29)28(15)13-16)20(30)26-12-18(21(31)32)27-36(33,34)17-4-2-1-3-5-17;22-8-9-32-16-7-6-15-10-14(11-19(26)25(15)13-16)20(27)23-12-18(21(28)29)24-33(30,31)17-4-2-1-3-5-17;3-2(4,5)1(6)7;/h1-7,10-11,13,18,27H,8-9,12H2,(H,26,30)(H,31,32)(H4,23,24,25);1-7,10-11,13,18,24H,8-9,12,22H2,(H,23,27)(H,28,29);(H,6,7);1H/t2*18-;;/m00../s1. The number of carbonyl (C=O) groups is 5. The van der Waals surface area contributed by atoms with Crippen LogP contribution in [0.15, 0.2) is 146 Å². The lowest BCUT2D eigenvalue weighted by molar-refractivity contribution is -0.370. The first kappa shape index (κ1) is 62.7. The molecule has 0 radical (unpaired) electrons. The van der Waals surface area contributed by atoms with Crippen molar-refractivity contribution in [3.8, 4) is 11.5 Å². The molecule has 6 rings (SSSR count). The van der Waals surface area contributed by atoms with Crippen LogP contribution in [0.25, 0.3) is 11.0 Å². The van der Waals surface area contributed by atoms with E-state index in [9.17, 15) is 69.0 Å². The van der Waals surface area contributed by atoms with E-state index in [1.165, 1.54) is 81.9 Å². The number of quaternary nitrogens is 1. The maximum atomic E-state index is 12.6. The molecule has 0 saturated carbocycles. The minimum atomic E-state index is -5.19. The minimum absolute atomic E-state index is 0. The molecule has 0 spiro atoms. The van der Waals surface area contributed by atoms with E-state index in [4.69, 9.17) is 30.8 Å². The average molecular weight is 1140 g/mol. The number of rotatable bonds is 21. The summed E-state index contributed by atoms with van der Waals surface area (Å²) in [6.45, 7) is 0.272. The van der Waals surface area contributed by atoms with Crippen molar-refractivity contribution in [1.82, 2.24) is 28.9 Å². The quantitative estimate of drug-likeness (QED) is 0.0212. The Morgan fingerprint density at radius 3 is 1.38 bits per heavy atom. The first-order valence-electron chi connectivity index (χ1n) is 21.6. The molecule has 2 atom stereocenters. The molecular weight excluding hydrogens is 1090 g/mol. The Labute approximate surface area is 439 Å². The highest BCUT2D eigenvalue weighted by Crippen LogP contribution is 2.16. The molecule has 0 fully saturated rings. The minimum Gasteiger partial charge on any atom is -0.542 e. The number of carbonyl (C=O) groups excluding carboxylic acids is 3. The van der Waals surface area contributed by atoms with Crippen molar-refractivity contribution in [2.24, 2.45) is 16.5 Å². The number of hydrogen-bond donors (Lipinski definition) is 9. The predicted molar refractivity (Wildman–Crippen MR) is 266 cm³/mol. The molecule has 6 aromatic rings. The Morgan fingerprint density at radius 1 is 0.662 bits per heavy atom. The van der Waals surface area contributed by atoms with E-state index in [2.05, 4.69) is 26.1 Å². The van der Waals surface area contributed by atoms with Gasteiger partial charge in [-0.1, -0.05) is 36.4 Å². The number of nitrogens with zero attached hydrogens (tertiary/aromatic N) is 3. The number of aromatic nitrogens is 2. The Kier molecular flexibility index (Phi) is 23.1. The summed E-state index contributed by atoms with van der Waals surface area (Å²) in [5.41, 5.74) is 13.9. The number of fused-ring (bicyclic) bond motifs is 2. The van der Waals surface area contributed by atoms with Gasteiger partial charge in [-0.25, -0.2) is 16.8 Å². The van der Waals surface area contributed by atoms with Crippen molar-refractivity contribution in [1.29, 1.82) is 0 Å². The van der Waals surface area contributed by atoms with Crippen LogP contribution in [0.5, 0.6) is 11.5 Å². The lowest BCUT2D eigenvalue weighted by atomic mass is 10.2. The van der Waals surface area contributed by atoms with Crippen LogP contribution in [0.1, 0.15) is 20.7 Å². The third-order valence-corrected chi connectivity index (χ3v) is 12.6. The summed E-state index contributed by atoms with van der Waals surface area (Å²) in [4.78, 5) is 85.6. The van der Waals surface area contributed by atoms with Gasteiger partial charge in [-0.05, 0) is 60.7 Å². The van der Waals surface area contributed by atoms with Crippen LogP contribution in [-0.2, 0) is 34.4 Å². The molecule has 32 heteroatoms. The highest BCUT2D eigenvalue weighted by molar-refractivity contribution is 7.89. The van der Waals surface area contributed by atoms with Gasteiger partial charge in [-0.15, -0.1) is 12.4 Å². The van der Waals surface area contributed by atoms with Crippen LogP contribution >= 0.6 is 12.4 Å². The number of halogens is 4. The molecule has 0 aliphatic rings. The second-order valence-electron chi connectivity index (χ2n) is 15.2. The van der Waals surface area contributed by atoms with Crippen molar-refractivity contribution in [3.63, 3.8) is 0 Å². The highest BCUT2D eigenvalue weighted by Gasteiger charge is 2.29. The summed E-state index contributed by atoms with van der Waals surface area (Å²) in [7, 11) is -8.25. The summed E-state index contributed by atoms with van der Waals surface area (Å²) >= 11 is 0. The molecular formula is C45H48ClF3N10O16S2. The van der Waals surface area contributed by atoms with Crippen molar-refractivity contribution in [2.45, 2.75) is 28.1 Å². The molecule has 2 amide bonds. The van der Waals surface area contributed by atoms with Gasteiger partial charge in [0.1, 0.15) is 49.3 Å². The molecule has 0 aliphatic carbocycles. The van der Waals surface area contributed by atoms with E-state index in [0.29, 0.717) is 35.7 Å². The molecule has 0 aliphatic heterocycles. The number of carboxylic acids is 3. The zero-order valence-corrected chi connectivity index (χ0v) is 42.1. The second kappa shape index (κ2) is 28.3. The smallest absolute Gasteiger partial charge is 0.430 e.